The van der Waals surface area contributed by atoms with Crippen LogP contribution < -0.4 is 4.74 Å². The second-order valence-corrected chi connectivity index (χ2v) is 6.20. The van der Waals surface area contributed by atoms with Crippen molar-refractivity contribution in [3.05, 3.63) is 64.7 Å². The molecule has 0 N–H and O–H groups in total. The van der Waals surface area contributed by atoms with Crippen LogP contribution in [0.2, 0.25) is 0 Å². The van der Waals surface area contributed by atoms with E-state index < -0.39 is 29.0 Å². The Morgan fingerprint density at radius 3 is 1.97 bits per heavy atom. The highest BCUT2D eigenvalue weighted by molar-refractivity contribution is 6.11. The Morgan fingerprint density at radius 2 is 1.35 bits per heavy atom. The van der Waals surface area contributed by atoms with Crippen molar-refractivity contribution in [2.24, 2.45) is 0 Å². The first-order valence-electron chi connectivity index (χ1n) is 9.48. The molecule has 0 saturated carbocycles. The predicted molar refractivity (Wildman–Crippen MR) is 107 cm³/mol. The molecule has 0 radical (unpaired) electrons. The summed E-state index contributed by atoms with van der Waals surface area (Å²) < 4.78 is 53.7. The Bertz CT molecular complexity index is 869. The SMILES string of the molecule is COCCOCCOCCOc1ccc(F)c(F)c1C(=O)c1ccc(C(=O)OC)cc1. The molecule has 7 nitrogen and oxygen atoms in total. The molecule has 0 aromatic heterocycles. The van der Waals surface area contributed by atoms with Crippen LogP contribution in [0.25, 0.3) is 0 Å². The number of halogens is 2. The van der Waals surface area contributed by atoms with E-state index in [0.29, 0.717) is 26.4 Å². The van der Waals surface area contributed by atoms with E-state index in [-0.39, 0.29) is 30.1 Å². The molecule has 0 spiro atoms. The topological polar surface area (TPSA) is 80.3 Å². The Kier molecular flexibility index (Phi) is 10.0. The maximum Gasteiger partial charge on any atom is 0.337 e. The minimum absolute atomic E-state index is 0.0186. The maximum atomic E-state index is 14.4. The number of carbonyl (C=O) groups excluding carboxylic acids is 2. The molecule has 0 amide bonds. The molecule has 0 fully saturated rings. The lowest BCUT2D eigenvalue weighted by molar-refractivity contribution is 0.0179. The molecule has 0 aliphatic rings. The van der Waals surface area contributed by atoms with E-state index in [2.05, 4.69) is 4.74 Å². The van der Waals surface area contributed by atoms with E-state index in [9.17, 15) is 18.4 Å². The van der Waals surface area contributed by atoms with Crippen molar-refractivity contribution < 1.29 is 42.1 Å². The highest BCUT2D eigenvalue weighted by Crippen LogP contribution is 2.27. The van der Waals surface area contributed by atoms with Gasteiger partial charge >= 0.3 is 5.97 Å². The molecule has 2 rings (SSSR count). The van der Waals surface area contributed by atoms with Crippen LogP contribution in [0.3, 0.4) is 0 Å². The van der Waals surface area contributed by atoms with Gasteiger partial charge in [0.1, 0.15) is 17.9 Å². The van der Waals surface area contributed by atoms with Gasteiger partial charge in [-0.3, -0.25) is 4.79 Å². The van der Waals surface area contributed by atoms with Crippen molar-refractivity contribution in [2.45, 2.75) is 0 Å². The standard InChI is InChI=1S/C22H24F2O7/c1-27-9-10-29-11-12-30-13-14-31-18-8-7-17(23)20(24)19(18)21(25)15-3-5-16(6-4-15)22(26)28-2/h3-8H,9-14H2,1-2H3. The molecule has 0 aliphatic carbocycles. The lowest BCUT2D eigenvalue weighted by atomic mass is 10.0. The van der Waals surface area contributed by atoms with Crippen LogP contribution in [0.1, 0.15) is 26.3 Å². The highest BCUT2D eigenvalue weighted by atomic mass is 19.2. The monoisotopic (exact) mass is 438 g/mol. The minimum Gasteiger partial charge on any atom is -0.490 e. The summed E-state index contributed by atoms with van der Waals surface area (Å²) in [6, 6.07) is 7.44. The molecule has 0 heterocycles. The van der Waals surface area contributed by atoms with E-state index >= 15 is 0 Å². The smallest absolute Gasteiger partial charge is 0.337 e. The van der Waals surface area contributed by atoms with Gasteiger partial charge in [0.25, 0.3) is 0 Å². The highest BCUT2D eigenvalue weighted by Gasteiger charge is 2.23. The van der Waals surface area contributed by atoms with Crippen molar-refractivity contribution in [2.75, 3.05) is 53.9 Å². The fourth-order valence-corrected chi connectivity index (χ4v) is 2.56. The van der Waals surface area contributed by atoms with Gasteiger partial charge < -0.3 is 23.7 Å². The molecule has 0 atom stereocenters. The van der Waals surface area contributed by atoms with Gasteiger partial charge in [0.05, 0.1) is 45.7 Å². The van der Waals surface area contributed by atoms with Gasteiger partial charge in [-0.2, -0.15) is 0 Å². The number of methoxy groups -OCH3 is 2. The van der Waals surface area contributed by atoms with Gasteiger partial charge in [0.15, 0.2) is 17.4 Å². The second-order valence-electron chi connectivity index (χ2n) is 6.20. The number of benzene rings is 2. The summed E-state index contributed by atoms with van der Waals surface area (Å²) in [5.74, 6) is -3.96. The number of rotatable bonds is 13. The van der Waals surface area contributed by atoms with E-state index in [4.69, 9.17) is 18.9 Å². The Morgan fingerprint density at radius 1 is 0.774 bits per heavy atom. The normalized spacial score (nSPS) is 10.7. The average Bonchev–Trinajstić information content (AvgIpc) is 2.79. The number of hydrogen-bond donors (Lipinski definition) is 0. The van der Waals surface area contributed by atoms with Crippen molar-refractivity contribution in [1.29, 1.82) is 0 Å². The zero-order valence-corrected chi connectivity index (χ0v) is 17.3. The summed E-state index contributed by atoms with van der Waals surface area (Å²) in [5.41, 5.74) is -0.251. The molecule has 2 aromatic carbocycles. The molecule has 9 heteroatoms. The molecule has 2 aromatic rings. The van der Waals surface area contributed by atoms with Crippen LogP contribution >= 0.6 is 0 Å². The lowest BCUT2D eigenvalue weighted by Crippen LogP contribution is -2.15. The van der Waals surface area contributed by atoms with Crippen molar-refractivity contribution >= 4 is 11.8 Å². The van der Waals surface area contributed by atoms with E-state index in [1.165, 1.54) is 37.4 Å². The van der Waals surface area contributed by atoms with E-state index in [1.807, 2.05) is 0 Å². The van der Waals surface area contributed by atoms with Gasteiger partial charge in [-0.1, -0.05) is 12.1 Å². The van der Waals surface area contributed by atoms with Crippen LogP contribution in [0.15, 0.2) is 36.4 Å². The quantitative estimate of drug-likeness (QED) is 0.270. The summed E-state index contributed by atoms with van der Waals surface area (Å²) in [4.78, 5) is 24.3. The third kappa shape index (κ3) is 7.09. The van der Waals surface area contributed by atoms with Crippen LogP contribution in [-0.2, 0) is 18.9 Å². The zero-order chi connectivity index (χ0) is 22.6. The molecule has 0 unspecified atom stereocenters. The van der Waals surface area contributed by atoms with Gasteiger partial charge in [0.2, 0.25) is 0 Å². The molecule has 0 saturated heterocycles. The van der Waals surface area contributed by atoms with Gasteiger partial charge in [-0.25, -0.2) is 13.6 Å². The number of ketones is 1. The van der Waals surface area contributed by atoms with Gasteiger partial charge in [-0.15, -0.1) is 0 Å². The third-order valence-corrected chi connectivity index (χ3v) is 4.14. The number of ether oxygens (including phenoxy) is 5. The fraction of sp³-hybridized carbons (Fsp3) is 0.364. The third-order valence-electron chi connectivity index (χ3n) is 4.14. The Balaban J connectivity index is 2.01. The Hall–Kier alpha value is -2.88. The Labute approximate surface area is 178 Å². The van der Waals surface area contributed by atoms with Crippen molar-refractivity contribution in [3.63, 3.8) is 0 Å². The van der Waals surface area contributed by atoms with E-state index in [0.717, 1.165) is 6.07 Å². The lowest BCUT2D eigenvalue weighted by Gasteiger charge is -2.13. The first-order chi connectivity index (χ1) is 15.0. The fourth-order valence-electron chi connectivity index (χ4n) is 2.56. The maximum absolute atomic E-state index is 14.4. The summed E-state index contributed by atoms with van der Waals surface area (Å²) >= 11 is 0. The molecule has 31 heavy (non-hydrogen) atoms. The van der Waals surface area contributed by atoms with Crippen LogP contribution in [-0.4, -0.2) is 65.6 Å². The summed E-state index contributed by atoms with van der Waals surface area (Å²) in [5, 5.41) is 0. The summed E-state index contributed by atoms with van der Waals surface area (Å²) in [6.07, 6.45) is 0. The minimum atomic E-state index is -1.31. The van der Waals surface area contributed by atoms with Crippen molar-refractivity contribution in [3.8, 4) is 5.75 Å². The van der Waals surface area contributed by atoms with Crippen LogP contribution in [0.4, 0.5) is 8.78 Å². The van der Waals surface area contributed by atoms with Gasteiger partial charge in [-0.05, 0) is 24.3 Å². The predicted octanol–water partition coefficient (Wildman–Crippen LogP) is 3.04. The first kappa shape index (κ1) is 24.4. The van der Waals surface area contributed by atoms with Crippen molar-refractivity contribution in [1.82, 2.24) is 0 Å². The second kappa shape index (κ2) is 12.7. The molecule has 168 valence electrons. The summed E-state index contributed by atoms with van der Waals surface area (Å²) in [6.45, 7) is 1.82. The summed E-state index contributed by atoms with van der Waals surface area (Å²) in [7, 11) is 2.80. The average molecular weight is 438 g/mol. The van der Waals surface area contributed by atoms with E-state index in [1.54, 1.807) is 7.11 Å². The molecular weight excluding hydrogens is 414 g/mol. The van der Waals surface area contributed by atoms with Crippen LogP contribution in [0.5, 0.6) is 5.75 Å². The zero-order valence-electron chi connectivity index (χ0n) is 17.3. The van der Waals surface area contributed by atoms with Crippen LogP contribution in [0, 0.1) is 11.6 Å². The van der Waals surface area contributed by atoms with Gasteiger partial charge in [0, 0.05) is 12.7 Å². The largest absolute Gasteiger partial charge is 0.490 e. The molecule has 0 bridgehead atoms. The molecule has 0 aliphatic heterocycles. The molecular formula is C22H24F2O7. The number of hydrogen-bond acceptors (Lipinski definition) is 7. The first-order valence-corrected chi connectivity index (χ1v) is 9.48. The number of carbonyl (C=O) groups is 2. The number of esters is 1.